The van der Waals surface area contributed by atoms with Crippen LogP contribution in [0.4, 0.5) is 23.0 Å². The van der Waals surface area contributed by atoms with Crippen LogP contribution in [0.5, 0.6) is 0 Å². The van der Waals surface area contributed by atoms with Gasteiger partial charge in [-0.2, -0.15) is 4.98 Å². The van der Waals surface area contributed by atoms with Gasteiger partial charge in [0, 0.05) is 81.5 Å². The molecule has 0 bridgehead atoms. The molecule has 3 aromatic carbocycles. The number of piperazine rings is 1. The van der Waals surface area contributed by atoms with Gasteiger partial charge in [-0.25, -0.2) is 17.7 Å². The highest BCUT2D eigenvalue weighted by atomic mass is 32.2. The molecule has 2 fully saturated rings. The standard InChI is InChI=1S/C43H48N10O6S/c1-49-37-28-31(15-20-35(37)52(43(49)57)36-21-22-39(54)47-41(36)56)44-23-6-4-3-5-10-40(55)51-26-24-50(25-27-51)32-16-13-30(14-17-32)45-42-46-38-9-7-8-34(53(38)48-42)29-11-18-33(19-12-29)60(2,58)59/h7-9,11-20,28,36,44H,3-6,10,21-27H2,1-2H3,(H,45,48)(H,47,54,56). The van der Waals surface area contributed by atoms with Gasteiger partial charge in [-0.15, -0.1) is 5.10 Å². The maximum absolute atomic E-state index is 13.0. The van der Waals surface area contributed by atoms with Crippen molar-refractivity contribution in [2.45, 2.75) is 55.9 Å². The van der Waals surface area contributed by atoms with E-state index in [-0.39, 0.29) is 28.8 Å². The van der Waals surface area contributed by atoms with Gasteiger partial charge in [0.1, 0.15) is 6.04 Å². The van der Waals surface area contributed by atoms with E-state index in [0.717, 1.165) is 73.6 Å². The first-order valence-corrected chi connectivity index (χ1v) is 22.2. The van der Waals surface area contributed by atoms with Gasteiger partial charge in [0.2, 0.25) is 23.7 Å². The van der Waals surface area contributed by atoms with Gasteiger partial charge in [0.15, 0.2) is 15.5 Å². The highest BCUT2D eigenvalue weighted by Crippen LogP contribution is 2.27. The maximum atomic E-state index is 13.0. The molecule has 5 heterocycles. The highest BCUT2D eigenvalue weighted by molar-refractivity contribution is 7.90. The third kappa shape index (κ3) is 8.61. The molecule has 16 nitrogen and oxygen atoms in total. The molecular weight excluding hydrogens is 785 g/mol. The monoisotopic (exact) mass is 832 g/mol. The first-order chi connectivity index (χ1) is 28.9. The van der Waals surface area contributed by atoms with E-state index >= 15 is 0 Å². The van der Waals surface area contributed by atoms with Crippen molar-refractivity contribution in [3.8, 4) is 11.3 Å². The minimum Gasteiger partial charge on any atom is -0.385 e. The van der Waals surface area contributed by atoms with Crippen molar-refractivity contribution in [2.75, 3.05) is 54.5 Å². The zero-order valence-electron chi connectivity index (χ0n) is 33.6. The van der Waals surface area contributed by atoms with E-state index in [9.17, 15) is 27.6 Å². The molecule has 0 radical (unpaired) electrons. The van der Waals surface area contributed by atoms with Crippen LogP contribution < -0.4 is 26.5 Å². The molecule has 8 rings (SSSR count). The number of aryl methyl sites for hydroxylation is 1. The fourth-order valence-corrected chi connectivity index (χ4v) is 8.63. The number of pyridine rings is 1. The SMILES string of the molecule is Cn1c(=O)n(C2CCC(=O)NC2=O)c2ccc(NCCCCCCC(=O)N3CCN(c4ccc(Nc5nc6cccc(-c7ccc(S(C)(=O)=O)cc7)n6n5)cc4)CC3)cc21. The zero-order valence-corrected chi connectivity index (χ0v) is 34.5. The van der Waals surface area contributed by atoms with E-state index in [1.165, 1.54) is 15.4 Å². The highest BCUT2D eigenvalue weighted by Gasteiger charge is 2.31. The third-order valence-electron chi connectivity index (χ3n) is 11.3. The van der Waals surface area contributed by atoms with E-state index < -0.39 is 21.8 Å². The van der Waals surface area contributed by atoms with Crippen LogP contribution >= 0.6 is 0 Å². The lowest BCUT2D eigenvalue weighted by atomic mass is 10.1. The fourth-order valence-electron chi connectivity index (χ4n) is 8.00. The van der Waals surface area contributed by atoms with Crippen LogP contribution in [0.25, 0.3) is 27.9 Å². The van der Waals surface area contributed by atoms with Crippen molar-refractivity contribution in [1.29, 1.82) is 0 Å². The molecule has 3 N–H and O–H groups in total. The van der Waals surface area contributed by atoms with Crippen LogP contribution in [0.3, 0.4) is 0 Å². The number of anilines is 4. The van der Waals surface area contributed by atoms with Gasteiger partial charge in [0.25, 0.3) is 0 Å². The van der Waals surface area contributed by atoms with E-state index in [0.29, 0.717) is 48.6 Å². The molecule has 312 valence electrons. The molecule has 3 amide bonds. The smallest absolute Gasteiger partial charge is 0.329 e. The third-order valence-corrected chi connectivity index (χ3v) is 12.4. The molecule has 1 atom stereocenters. The Hall–Kier alpha value is -6.49. The minimum absolute atomic E-state index is 0.199. The summed E-state index contributed by atoms with van der Waals surface area (Å²) in [6, 6.07) is 25.4. The Balaban J connectivity index is 0.751. The number of piperidine rings is 1. The quantitative estimate of drug-likeness (QED) is 0.100. The van der Waals surface area contributed by atoms with Crippen LogP contribution in [-0.4, -0.2) is 93.8 Å². The molecule has 0 spiro atoms. The van der Waals surface area contributed by atoms with Gasteiger partial charge in [-0.05, 0) is 86.0 Å². The lowest BCUT2D eigenvalue weighted by molar-refractivity contribution is -0.136. The topological polar surface area (TPSA) is 185 Å². The number of amides is 3. The zero-order chi connectivity index (χ0) is 42.0. The summed E-state index contributed by atoms with van der Waals surface area (Å²) in [5.41, 5.74) is 6.16. The number of sulfone groups is 1. The van der Waals surface area contributed by atoms with E-state index in [4.69, 9.17) is 0 Å². The second-order valence-corrected chi connectivity index (χ2v) is 17.4. The number of imidazole rings is 1. The largest absolute Gasteiger partial charge is 0.385 e. The lowest BCUT2D eigenvalue weighted by Crippen LogP contribution is -2.48. The molecular formula is C43H48N10O6S. The summed E-state index contributed by atoms with van der Waals surface area (Å²) < 4.78 is 28.6. The number of rotatable bonds is 14. The summed E-state index contributed by atoms with van der Waals surface area (Å²) >= 11 is 0. The van der Waals surface area contributed by atoms with Crippen molar-refractivity contribution in [1.82, 2.24) is 33.9 Å². The van der Waals surface area contributed by atoms with E-state index in [2.05, 4.69) is 43.1 Å². The Kier molecular flexibility index (Phi) is 11.4. The number of carbonyl (C=O) groups is 3. The predicted octanol–water partition coefficient (Wildman–Crippen LogP) is 4.89. The van der Waals surface area contributed by atoms with Crippen molar-refractivity contribution in [2.24, 2.45) is 7.05 Å². The molecule has 60 heavy (non-hydrogen) atoms. The number of nitrogens with one attached hydrogen (secondary N) is 3. The van der Waals surface area contributed by atoms with Crippen LogP contribution in [0, 0.1) is 0 Å². The average Bonchev–Trinajstić information content (AvgIpc) is 3.77. The Morgan fingerprint density at radius 1 is 0.850 bits per heavy atom. The van der Waals surface area contributed by atoms with Gasteiger partial charge in [0.05, 0.1) is 21.6 Å². The van der Waals surface area contributed by atoms with Crippen LogP contribution in [-0.2, 0) is 31.3 Å². The van der Waals surface area contributed by atoms with E-state index in [1.54, 1.807) is 35.8 Å². The normalized spacial score (nSPS) is 16.1. The second-order valence-electron chi connectivity index (χ2n) is 15.4. The number of nitrogens with zero attached hydrogens (tertiary/aromatic N) is 7. The minimum atomic E-state index is -3.29. The molecule has 2 aliphatic rings. The van der Waals surface area contributed by atoms with Crippen LogP contribution in [0.1, 0.15) is 51.0 Å². The summed E-state index contributed by atoms with van der Waals surface area (Å²) in [6.07, 6.45) is 5.96. The first-order valence-electron chi connectivity index (χ1n) is 20.3. The Bertz CT molecular complexity index is 2730. The fraction of sp³-hybridized carbons (Fsp3) is 0.349. The summed E-state index contributed by atoms with van der Waals surface area (Å²) in [4.78, 5) is 59.3. The predicted molar refractivity (Wildman–Crippen MR) is 230 cm³/mol. The van der Waals surface area contributed by atoms with Gasteiger partial charge in [-0.3, -0.25) is 28.8 Å². The molecule has 17 heteroatoms. The van der Waals surface area contributed by atoms with Crippen molar-refractivity contribution in [3.63, 3.8) is 0 Å². The number of hydrogen-bond acceptors (Lipinski definition) is 11. The number of fused-ring (bicyclic) bond motifs is 2. The van der Waals surface area contributed by atoms with Crippen molar-refractivity contribution < 1.29 is 22.8 Å². The number of unbranched alkanes of at least 4 members (excludes halogenated alkanes) is 3. The number of imide groups is 1. The Morgan fingerprint density at radius 3 is 2.32 bits per heavy atom. The first kappa shape index (κ1) is 40.3. The number of hydrogen-bond donors (Lipinski definition) is 3. The molecule has 6 aromatic rings. The van der Waals surface area contributed by atoms with Crippen LogP contribution in [0.2, 0.25) is 0 Å². The van der Waals surface area contributed by atoms with Gasteiger partial charge in [-0.1, -0.05) is 31.0 Å². The van der Waals surface area contributed by atoms with Gasteiger partial charge < -0.3 is 20.4 Å². The number of carbonyl (C=O) groups excluding carboxylic acids is 3. The Morgan fingerprint density at radius 2 is 1.58 bits per heavy atom. The molecule has 1 unspecified atom stereocenters. The van der Waals surface area contributed by atoms with Crippen molar-refractivity contribution >= 4 is 67.2 Å². The molecule has 0 saturated carbocycles. The van der Waals surface area contributed by atoms with Crippen molar-refractivity contribution in [3.05, 3.63) is 95.4 Å². The second kappa shape index (κ2) is 17.0. The summed E-state index contributed by atoms with van der Waals surface area (Å²) in [5.74, 6) is -0.122. The van der Waals surface area contributed by atoms with Crippen LogP contribution in [0.15, 0.2) is 94.6 Å². The molecule has 0 aliphatic carbocycles. The summed E-state index contributed by atoms with van der Waals surface area (Å²) in [7, 11) is -1.61. The molecule has 3 aromatic heterocycles. The lowest BCUT2D eigenvalue weighted by Gasteiger charge is -2.36. The summed E-state index contributed by atoms with van der Waals surface area (Å²) in [6.45, 7) is 3.63. The maximum Gasteiger partial charge on any atom is 0.329 e. The Labute approximate surface area is 347 Å². The summed E-state index contributed by atoms with van der Waals surface area (Å²) in [5, 5.41) is 13.7. The molecule has 2 aliphatic heterocycles. The number of aromatic nitrogens is 5. The molecule has 2 saturated heterocycles. The number of benzene rings is 3. The van der Waals surface area contributed by atoms with Gasteiger partial charge >= 0.3 is 5.69 Å². The average molecular weight is 833 g/mol. The van der Waals surface area contributed by atoms with E-state index in [1.807, 2.05) is 53.4 Å².